The number of fused-ring (bicyclic) bond motifs is 9. The lowest BCUT2D eigenvalue weighted by Crippen LogP contribution is -1.97. The number of aromatic nitrogens is 6. The van der Waals surface area contributed by atoms with E-state index in [0.29, 0.717) is 11.6 Å². The summed E-state index contributed by atoms with van der Waals surface area (Å²) < 4.78 is 7.26. The largest absolute Gasteiger partial charge is 0.309 e. The average Bonchev–Trinajstić information content (AvgIpc) is 2.27. The van der Waals surface area contributed by atoms with Crippen LogP contribution in [-0.2, 0) is 0 Å². The van der Waals surface area contributed by atoms with Gasteiger partial charge >= 0.3 is 0 Å². The predicted molar refractivity (Wildman–Crippen MR) is 363 cm³/mol. The minimum Gasteiger partial charge on any atom is -0.309 e. The Morgan fingerprint density at radius 1 is 0.230 bits per heavy atom. The highest BCUT2D eigenvalue weighted by Crippen LogP contribution is 2.45. The van der Waals surface area contributed by atoms with Crippen molar-refractivity contribution in [1.29, 1.82) is 0 Å². The first-order valence-corrected chi connectivity index (χ1v) is 30.2. The van der Waals surface area contributed by atoms with Gasteiger partial charge < -0.3 is 9.13 Å². The summed E-state index contributed by atoms with van der Waals surface area (Å²) in [5.74, 6) is 1.36. The topological polar surface area (TPSA) is 61.4 Å². The van der Waals surface area contributed by atoms with Crippen molar-refractivity contribution >= 4 is 75.1 Å². The van der Waals surface area contributed by atoms with E-state index in [2.05, 4.69) is 288 Å². The van der Waals surface area contributed by atoms with Crippen molar-refractivity contribution in [1.82, 2.24) is 29.1 Å². The molecular formula is C80H50N6S. The van der Waals surface area contributed by atoms with Gasteiger partial charge in [0.2, 0.25) is 0 Å². The highest BCUT2D eigenvalue weighted by Gasteiger charge is 2.23. The summed E-state index contributed by atoms with van der Waals surface area (Å²) in [7, 11) is 0. The van der Waals surface area contributed by atoms with Crippen LogP contribution in [0.1, 0.15) is 0 Å². The maximum Gasteiger partial charge on any atom is 0.161 e. The third-order valence-electron chi connectivity index (χ3n) is 17.0. The smallest absolute Gasteiger partial charge is 0.161 e. The molecule has 17 rings (SSSR count). The number of para-hydroxylation sites is 2. The third kappa shape index (κ3) is 8.70. The van der Waals surface area contributed by atoms with E-state index in [1.807, 2.05) is 35.6 Å². The van der Waals surface area contributed by atoms with Gasteiger partial charge in [0, 0.05) is 86.5 Å². The molecule has 0 aliphatic heterocycles. The zero-order valence-corrected chi connectivity index (χ0v) is 47.8. The van der Waals surface area contributed by atoms with Gasteiger partial charge in [-0.15, -0.1) is 11.3 Å². The fourth-order valence-electron chi connectivity index (χ4n) is 12.9. The van der Waals surface area contributed by atoms with Crippen LogP contribution in [0.5, 0.6) is 0 Å². The summed E-state index contributed by atoms with van der Waals surface area (Å²) >= 11 is 1.84. The number of thiophene rings is 1. The molecule has 0 radical (unpaired) electrons. The van der Waals surface area contributed by atoms with Gasteiger partial charge in [-0.2, -0.15) is 0 Å². The summed E-state index contributed by atoms with van der Waals surface area (Å²) in [6, 6.07) is 108. The molecule has 406 valence electrons. The first-order valence-electron chi connectivity index (χ1n) is 29.3. The van der Waals surface area contributed by atoms with E-state index >= 15 is 0 Å². The van der Waals surface area contributed by atoms with Crippen LogP contribution in [0.15, 0.2) is 303 Å². The molecular weight excluding hydrogens is 1080 g/mol. The fraction of sp³-hybridized carbons (Fsp3) is 0. The van der Waals surface area contributed by atoms with Crippen molar-refractivity contribution in [3.8, 4) is 101 Å². The molecule has 5 heterocycles. The maximum atomic E-state index is 5.36. The molecule has 0 atom stereocenters. The molecule has 0 amide bonds. The minimum atomic E-state index is 0.682. The van der Waals surface area contributed by atoms with E-state index in [4.69, 9.17) is 19.9 Å². The van der Waals surface area contributed by atoms with Crippen molar-refractivity contribution < 1.29 is 0 Å². The fourth-order valence-corrected chi connectivity index (χ4v) is 13.9. The van der Waals surface area contributed by atoms with Gasteiger partial charge in [0.15, 0.2) is 11.6 Å². The Balaban J connectivity index is 0.819. The SMILES string of the molecule is c1ccc(-c2cc(-c3ccccc3)nc(-c3cccc4c3c3cc(-c5ccc6sc7ccc(-c8ccc9c(c8)c8c(-c%10nc(-c%11ccccc%11)cc(-c%11ccccc%11)n%10)cccc8n9-c8ccccc8)cc7c6c5)ccc3n4-c3ccccc3)n2)cc1. The van der Waals surface area contributed by atoms with Crippen LogP contribution < -0.4 is 0 Å². The molecule has 0 aliphatic carbocycles. The zero-order chi connectivity index (χ0) is 57.4. The zero-order valence-electron chi connectivity index (χ0n) is 47.0. The molecule has 6 nitrogen and oxygen atoms in total. The van der Waals surface area contributed by atoms with Crippen LogP contribution in [0.3, 0.4) is 0 Å². The number of rotatable bonds is 10. The number of nitrogens with zero attached hydrogens (tertiary/aromatic N) is 6. The molecule has 0 spiro atoms. The second-order valence-electron chi connectivity index (χ2n) is 22.1. The van der Waals surface area contributed by atoms with E-state index in [-0.39, 0.29) is 0 Å². The summed E-state index contributed by atoms with van der Waals surface area (Å²) in [4.78, 5) is 21.5. The lowest BCUT2D eigenvalue weighted by molar-refractivity contribution is 1.17. The maximum absolute atomic E-state index is 5.36. The Kier molecular flexibility index (Phi) is 12.0. The highest BCUT2D eigenvalue weighted by molar-refractivity contribution is 7.25. The van der Waals surface area contributed by atoms with Gasteiger partial charge in [0.25, 0.3) is 0 Å². The third-order valence-corrected chi connectivity index (χ3v) is 18.1. The number of benzene rings is 12. The molecule has 0 saturated carbocycles. The Hall–Kier alpha value is -11.4. The molecule has 0 unspecified atom stereocenters. The monoisotopic (exact) mass is 1130 g/mol. The molecule has 87 heavy (non-hydrogen) atoms. The van der Waals surface area contributed by atoms with Gasteiger partial charge in [-0.25, -0.2) is 19.9 Å². The lowest BCUT2D eigenvalue weighted by Gasteiger charge is -2.11. The molecule has 0 bridgehead atoms. The van der Waals surface area contributed by atoms with Crippen molar-refractivity contribution in [3.05, 3.63) is 303 Å². The molecule has 17 aromatic rings. The summed E-state index contributed by atoms with van der Waals surface area (Å²) in [5, 5.41) is 6.94. The summed E-state index contributed by atoms with van der Waals surface area (Å²) in [6.45, 7) is 0. The summed E-state index contributed by atoms with van der Waals surface area (Å²) in [5.41, 5.74) is 20.8. The van der Waals surface area contributed by atoms with Gasteiger partial charge in [-0.3, -0.25) is 0 Å². The van der Waals surface area contributed by atoms with Crippen molar-refractivity contribution in [2.75, 3.05) is 0 Å². The normalized spacial score (nSPS) is 11.7. The Labute approximate surface area is 505 Å². The Bertz CT molecular complexity index is 5030. The van der Waals surface area contributed by atoms with Crippen molar-refractivity contribution in [2.45, 2.75) is 0 Å². The van der Waals surface area contributed by atoms with Gasteiger partial charge in [-0.1, -0.05) is 206 Å². The Morgan fingerprint density at radius 2 is 0.540 bits per heavy atom. The molecule has 0 saturated heterocycles. The molecule has 5 aromatic heterocycles. The van der Waals surface area contributed by atoms with Crippen LogP contribution in [0.4, 0.5) is 0 Å². The average molecular weight is 1130 g/mol. The van der Waals surface area contributed by atoms with Crippen LogP contribution >= 0.6 is 11.3 Å². The van der Waals surface area contributed by atoms with Gasteiger partial charge in [0.1, 0.15) is 0 Å². The Morgan fingerprint density at radius 3 is 0.885 bits per heavy atom. The van der Waals surface area contributed by atoms with Crippen LogP contribution in [-0.4, -0.2) is 29.1 Å². The van der Waals surface area contributed by atoms with E-state index < -0.39 is 0 Å². The van der Waals surface area contributed by atoms with Crippen LogP contribution in [0.2, 0.25) is 0 Å². The molecule has 12 aromatic carbocycles. The lowest BCUT2D eigenvalue weighted by atomic mass is 9.97. The van der Waals surface area contributed by atoms with Crippen LogP contribution in [0, 0.1) is 0 Å². The van der Waals surface area contributed by atoms with Crippen molar-refractivity contribution in [2.24, 2.45) is 0 Å². The van der Waals surface area contributed by atoms with E-state index in [1.165, 1.54) is 20.2 Å². The van der Waals surface area contributed by atoms with E-state index in [0.717, 1.165) is 133 Å². The molecule has 0 fully saturated rings. The minimum absolute atomic E-state index is 0.682. The predicted octanol–water partition coefficient (Wildman–Crippen LogP) is 21.2. The standard InChI is InChI=1S/C80H50N6S/c1-7-21-51(22-8-1)67-49-68(52-23-9-2-10-24-52)82-79(81-67)61-33-19-35-73-77(61)65-47-55(37-41-71(65)85(73)59-29-15-5-16-30-59)57-39-43-75-63(45-57)64-46-58(40-44-76(64)87-75)56-38-42-72-66(48-56)78-62(34-20-36-74(78)86(72)60-31-17-6-18-32-60)80-83-69(53-25-11-3-12-26-53)50-70(84-80)54-27-13-4-14-28-54/h1-50H. The molecule has 7 heteroatoms. The first-order chi connectivity index (χ1) is 43.1. The quantitative estimate of drug-likeness (QED) is 0.137. The van der Waals surface area contributed by atoms with E-state index in [9.17, 15) is 0 Å². The second kappa shape index (κ2) is 20.7. The molecule has 0 aliphatic rings. The second-order valence-corrected chi connectivity index (χ2v) is 23.2. The molecule has 0 N–H and O–H groups in total. The summed E-state index contributed by atoms with van der Waals surface area (Å²) in [6.07, 6.45) is 0. The van der Waals surface area contributed by atoms with Crippen molar-refractivity contribution in [3.63, 3.8) is 0 Å². The number of hydrogen-bond acceptors (Lipinski definition) is 5. The highest BCUT2D eigenvalue weighted by atomic mass is 32.1. The first kappa shape index (κ1) is 50.2. The number of hydrogen-bond donors (Lipinski definition) is 0. The van der Waals surface area contributed by atoms with Gasteiger partial charge in [0.05, 0.1) is 44.8 Å². The van der Waals surface area contributed by atoms with Crippen LogP contribution in [0.25, 0.3) is 165 Å². The van der Waals surface area contributed by atoms with Gasteiger partial charge in [-0.05, 0) is 119 Å². The van der Waals surface area contributed by atoms with E-state index in [1.54, 1.807) is 0 Å².